The van der Waals surface area contributed by atoms with Gasteiger partial charge in [0.1, 0.15) is 5.75 Å². The first kappa shape index (κ1) is 13.0. The molecule has 0 atom stereocenters. The fourth-order valence-electron chi connectivity index (χ4n) is 1.98. The third-order valence-electron chi connectivity index (χ3n) is 2.90. The van der Waals surface area contributed by atoms with Crippen molar-refractivity contribution in [2.24, 2.45) is 0 Å². The van der Waals surface area contributed by atoms with Crippen LogP contribution in [0.3, 0.4) is 0 Å². The zero-order chi connectivity index (χ0) is 11.8. The average molecular weight is 221 g/mol. The van der Waals surface area contributed by atoms with Crippen molar-refractivity contribution < 1.29 is 5.11 Å². The van der Waals surface area contributed by atoms with Crippen molar-refractivity contribution in [3.05, 3.63) is 29.3 Å². The Hall–Kier alpha value is -1.02. The number of aryl methyl sites for hydroxylation is 1. The van der Waals surface area contributed by atoms with Gasteiger partial charge in [-0.15, -0.1) is 0 Å². The highest BCUT2D eigenvalue weighted by atomic mass is 16.3. The lowest BCUT2D eigenvalue weighted by Crippen LogP contribution is -2.08. The Bertz CT molecular complexity index is 310. The third-order valence-corrected chi connectivity index (χ3v) is 2.90. The Balaban J connectivity index is 2.59. The lowest BCUT2D eigenvalue weighted by Gasteiger charge is -2.10. The van der Waals surface area contributed by atoms with E-state index >= 15 is 0 Å². The van der Waals surface area contributed by atoms with Gasteiger partial charge in [-0.3, -0.25) is 0 Å². The molecule has 2 N–H and O–H groups in total. The minimum absolute atomic E-state index is 0.419. The molecule has 0 unspecified atom stereocenters. The fourth-order valence-corrected chi connectivity index (χ4v) is 1.98. The number of phenolic OH excluding ortho intramolecular Hbond substituents is 1. The Morgan fingerprint density at radius 3 is 2.69 bits per heavy atom. The van der Waals surface area contributed by atoms with Crippen LogP contribution >= 0.6 is 0 Å². The molecule has 0 radical (unpaired) electrons. The Labute approximate surface area is 98.7 Å². The maximum absolute atomic E-state index is 9.79. The summed E-state index contributed by atoms with van der Waals surface area (Å²) in [4.78, 5) is 0. The summed E-state index contributed by atoms with van der Waals surface area (Å²) >= 11 is 0. The molecule has 0 aliphatic carbocycles. The first-order valence-corrected chi connectivity index (χ1v) is 6.24. The van der Waals surface area contributed by atoms with Crippen molar-refractivity contribution >= 4 is 0 Å². The van der Waals surface area contributed by atoms with Crippen molar-refractivity contribution in [2.45, 2.75) is 45.6 Å². The summed E-state index contributed by atoms with van der Waals surface area (Å²) in [5.74, 6) is 0.419. The first-order chi connectivity index (χ1) is 7.79. The normalized spacial score (nSPS) is 10.6. The van der Waals surface area contributed by atoms with E-state index in [1.54, 1.807) is 6.07 Å². The Morgan fingerprint density at radius 1 is 1.19 bits per heavy atom. The van der Waals surface area contributed by atoms with Crippen molar-refractivity contribution in [3.63, 3.8) is 0 Å². The highest BCUT2D eigenvalue weighted by Gasteiger charge is 2.06. The van der Waals surface area contributed by atoms with Crippen LogP contribution in [0.15, 0.2) is 18.2 Å². The van der Waals surface area contributed by atoms with Crippen molar-refractivity contribution in [1.82, 2.24) is 5.32 Å². The average Bonchev–Trinajstić information content (AvgIpc) is 2.29. The van der Waals surface area contributed by atoms with Crippen LogP contribution in [-0.2, 0) is 13.0 Å². The predicted molar refractivity (Wildman–Crippen MR) is 68.7 cm³/mol. The SMILES string of the molecule is CCCCCCc1cccc(O)c1CNC. The molecule has 0 spiro atoms. The largest absolute Gasteiger partial charge is 0.508 e. The number of unbranched alkanes of at least 4 members (excludes halogenated alkanes) is 3. The van der Waals surface area contributed by atoms with Crippen LogP contribution in [0.25, 0.3) is 0 Å². The van der Waals surface area contributed by atoms with Gasteiger partial charge in [0.15, 0.2) is 0 Å². The molecular formula is C14H23NO. The summed E-state index contributed by atoms with van der Waals surface area (Å²) in [7, 11) is 1.91. The molecule has 2 heteroatoms. The van der Waals surface area contributed by atoms with Gasteiger partial charge in [0, 0.05) is 12.1 Å². The van der Waals surface area contributed by atoms with Gasteiger partial charge in [-0.05, 0) is 31.5 Å². The molecule has 0 aliphatic rings. The number of aromatic hydroxyl groups is 1. The van der Waals surface area contributed by atoms with Gasteiger partial charge in [0.2, 0.25) is 0 Å². The van der Waals surface area contributed by atoms with Gasteiger partial charge in [-0.2, -0.15) is 0 Å². The molecule has 0 fully saturated rings. The molecule has 0 heterocycles. The molecule has 0 aliphatic heterocycles. The van der Waals surface area contributed by atoms with Crippen LogP contribution in [-0.4, -0.2) is 12.2 Å². The molecule has 0 bridgehead atoms. The molecule has 90 valence electrons. The lowest BCUT2D eigenvalue weighted by molar-refractivity contribution is 0.464. The number of rotatable bonds is 7. The molecule has 16 heavy (non-hydrogen) atoms. The van der Waals surface area contributed by atoms with Crippen LogP contribution in [0.1, 0.15) is 43.7 Å². The molecular weight excluding hydrogens is 198 g/mol. The minimum atomic E-state index is 0.419. The molecule has 0 aromatic heterocycles. The summed E-state index contributed by atoms with van der Waals surface area (Å²) in [5, 5.41) is 12.9. The highest BCUT2D eigenvalue weighted by Crippen LogP contribution is 2.22. The first-order valence-electron chi connectivity index (χ1n) is 6.24. The van der Waals surface area contributed by atoms with E-state index in [0.717, 1.165) is 18.5 Å². The van der Waals surface area contributed by atoms with E-state index in [4.69, 9.17) is 0 Å². The summed E-state index contributed by atoms with van der Waals surface area (Å²) in [6.07, 6.45) is 6.15. The second kappa shape index (κ2) is 7.29. The van der Waals surface area contributed by atoms with E-state index in [1.165, 1.54) is 31.2 Å². The topological polar surface area (TPSA) is 32.3 Å². The van der Waals surface area contributed by atoms with E-state index in [9.17, 15) is 5.11 Å². The van der Waals surface area contributed by atoms with E-state index in [-0.39, 0.29) is 0 Å². The smallest absolute Gasteiger partial charge is 0.120 e. The lowest BCUT2D eigenvalue weighted by atomic mass is 10.00. The second-order valence-corrected chi connectivity index (χ2v) is 4.26. The molecule has 0 saturated heterocycles. The zero-order valence-electron chi connectivity index (χ0n) is 10.4. The van der Waals surface area contributed by atoms with Crippen LogP contribution in [0.4, 0.5) is 0 Å². The van der Waals surface area contributed by atoms with E-state index in [2.05, 4.69) is 18.3 Å². The van der Waals surface area contributed by atoms with Crippen molar-refractivity contribution in [3.8, 4) is 5.75 Å². The van der Waals surface area contributed by atoms with Gasteiger partial charge >= 0.3 is 0 Å². The van der Waals surface area contributed by atoms with E-state index in [0.29, 0.717) is 5.75 Å². The molecule has 1 aromatic carbocycles. The maximum atomic E-state index is 9.79. The van der Waals surface area contributed by atoms with Crippen LogP contribution in [0.2, 0.25) is 0 Å². The van der Waals surface area contributed by atoms with Gasteiger partial charge in [0.25, 0.3) is 0 Å². The maximum Gasteiger partial charge on any atom is 0.120 e. The summed E-state index contributed by atoms with van der Waals surface area (Å²) < 4.78 is 0. The molecule has 0 amide bonds. The van der Waals surface area contributed by atoms with Crippen LogP contribution in [0, 0.1) is 0 Å². The van der Waals surface area contributed by atoms with Crippen molar-refractivity contribution in [2.75, 3.05) is 7.05 Å². The van der Waals surface area contributed by atoms with Crippen LogP contribution < -0.4 is 5.32 Å². The van der Waals surface area contributed by atoms with E-state index < -0.39 is 0 Å². The number of nitrogens with one attached hydrogen (secondary N) is 1. The molecule has 1 aromatic rings. The highest BCUT2D eigenvalue weighted by molar-refractivity contribution is 5.39. The molecule has 2 nitrogen and oxygen atoms in total. The zero-order valence-corrected chi connectivity index (χ0v) is 10.4. The Morgan fingerprint density at radius 2 is 2.00 bits per heavy atom. The number of benzene rings is 1. The number of hydrogen-bond acceptors (Lipinski definition) is 2. The summed E-state index contributed by atoms with van der Waals surface area (Å²) in [6.45, 7) is 2.97. The standard InChI is InChI=1S/C14H23NO/c1-3-4-5-6-8-12-9-7-10-14(16)13(12)11-15-2/h7,9-10,15-16H,3-6,8,11H2,1-2H3. The van der Waals surface area contributed by atoms with Gasteiger partial charge in [-0.1, -0.05) is 38.3 Å². The Kier molecular flexibility index (Phi) is 5.94. The van der Waals surface area contributed by atoms with Gasteiger partial charge < -0.3 is 10.4 Å². The predicted octanol–water partition coefficient (Wildman–Crippen LogP) is 3.23. The van der Waals surface area contributed by atoms with Gasteiger partial charge in [0.05, 0.1) is 0 Å². The quantitative estimate of drug-likeness (QED) is 0.693. The van der Waals surface area contributed by atoms with E-state index in [1.807, 2.05) is 13.1 Å². The summed E-state index contributed by atoms with van der Waals surface area (Å²) in [6, 6.07) is 5.82. The number of hydrogen-bond donors (Lipinski definition) is 2. The van der Waals surface area contributed by atoms with Gasteiger partial charge in [-0.25, -0.2) is 0 Å². The second-order valence-electron chi connectivity index (χ2n) is 4.26. The minimum Gasteiger partial charge on any atom is -0.508 e. The van der Waals surface area contributed by atoms with Crippen LogP contribution in [0.5, 0.6) is 5.75 Å². The summed E-state index contributed by atoms with van der Waals surface area (Å²) in [5.41, 5.74) is 2.34. The van der Waals surface area contributed by atoms with Crippen molar-refractivity contribution in [1.29, 1.82) is 0 Å². The molecule has 1 rings (SSSR count). The fraction of sp³-hybridized carbons (Fsp3) is 0.571. The third kappa shape index (κ3) is 3.86. The molecule has 0 saturated carbocycles. The number of phenols is 1. The monoisotopic (exact) mass is 221 g/mol.